The molecule has 0 fully saturated rings. The van der Waals surface area contributed by atoms with Gasteiger partial charge in [0, 0.05) is 21.0 Å². The van der Waals surface area contributed by atoms with Crippen molar-refractivity contribution in [2.45, 2.75) is 5.33 Å². The van der Waals surface area contributed by atoms with Gasteiger partial charge in [-0.1, -0.05) is 15.9 Å². The van der Waals surface area contributed by atoms with E-state index >= 15 is 0 Å². The molecule has 4 heteroatoms. The minimum absolute atomic E-state index is 0.763. The lowest BCUT2D eigenvalue weighted by Gasteiger charge is -1.98. The molecule has 0 aliphatic carbocycles. The van der Waals surface area contributed by atoms with Crippen LogP contribution >= 0.6 is 43.2 Å². The summed E-state index contributed by atoms with van der Waals surface area (Å²) in [5, 5.41) is 1.81. The van der Waals surface area contributed by atoms with Gasteiger partial charge in [-0.15, -0.1) is 11.3 Å². The normalized spacial score (nSPS) is 10.7. The predicted molar refractivity (Wildman–Crippen MR) is 67.5 cm³/mol. The van der Waals surface area contributed by atoms with Gasteiger partial charge in [0.15, 0.2) is 6.29 Å². The van der Waals surface area contributed by atoms with Crippen molar-refractivity contribution in [2.75, 3.05) is 0 Å². The Kier molecular flexibility index (Phi) is 3.04. The second-order valence-corrected chi connectivity index (χ2v) is 5.92. The molecular formula is C10H6Br2OS. The summed E-state index contributed by atoms with van der Waals surface area (Å²) in [6, 6.07) is 6.01. The third kappa shape index (κ3) is 1.78. The number of thiophene rings is 1. The molecule has 0 saturated heterocycles. The molecule has 14 heavy (non-hydrogen) atoms. The van der Waals surface area contributed by atoms with Crippen molar-refractivity contribution in [3.63, 3.8) is 0 Å². The first-order valence-electron chi connectivity index (χ1n) is 3.97. The van der Waals surface area contributed by atoms with Crippen LogP contribution in [-0.4, -0.2) is 6.29 Å². The minimum atomic E-state index is 0.763. The SMILES string of the molecule is O=Cc1cc(CBr)cc2sc(Br)cc12. The molecule has 0 bridgehead atoms. The van der Waals surface area contributed by atoms with E-state index in [9.17, 15) is 4.79 Å². The second kappa shape index (κ2) is 4.13. The predicted octanol–water partition coefficient (Wildman–Crippen LogP) is 4.37. The number of aldehydes is 1. The highest BCUT2D eigenvalue weighted by Gasteiger charge is 2.06. The van der Waals surface area contributed by atoms with Gasteiger partial charge in [-0.05, 0) is 39.7 Å². The zero-order valence-corrected chi connectivity index (χ0v) is 11.1. The lowest BCUT2D eigenvalue weighted by atomic mass is 10.1. The highest BCUT2D eigenvalue weighted by molar-refractivity contribution is 9.11. The van der Waals surface area contributed by atoms with E-state index in [4.69, 9.17) is 0 Å². The Morgan fingerprint density at radius 2 is 2.14 bits per heavy atom. The smallest absolute Gasteiger partial charge is 0.150 e. The molecule has 0 saturated carbocycles. The molecule has 2 rings (SSSR count). The average molecular weight is 334 g/mol. The van der Waals surface area contributed by atoms with Crippen molar-refractivity contribution in [1.29, 1.82) is 0 Å². The lowest BCUT2D eigenvalue weighted by molar-refractivity contribution is 0.112. The maximum absolute atomic E-state index is 10.9. The summed E-state index contributed by atoms with van der Waals surface area (Å²) in [5.74, 6) is 0. The van der Waals surface area contributed by atoms with Crippen LogP contribution in [0.5, 0.6) is 0 Å². The van der Waals surface area contributed by atoms with E-state index in [0.717, 1.165) is 36.6 Å². The molecule has 0 unspecified atom stereocenters. The number of rotatable bonds is 2. The summed E-state index contributed by atoms with van der Waals surface area (Å²) < 4.78 is 2.21. The fourth-order valence-electron chi connectivity index (χ4n) is 1.37. The highest BCUT2D eigenvalue weighted by Crippen LogP contribution is 2.32. The summed E-state index contributed by atoms with van der Waals surface area (Å²) in [4.78, 5) is 10.9. The number of hydrogen-bond acceptors (Lipinski definition) is 2. The van der Waals surface area contributed by atoms with E-state index in [1.165, 1.54) is 0 Å². The molecule has 0 amide bonds. The van der Waals surface area contributed by atoms with Crippen LogP contribution in [0.1, 0.15) is 15.9 Å². The molecule has 2 aromatic rings. The molecule has 1 aromatic heterocycles. The first-order valence-corrected chi connectivity index (χ1v) is 6.71. The fourth-order valence-corrected chi connectivity index (χ4v) is 3.33. The van der Waals surface area contributed by atoms with Gasteiger partial charge in [0.05, 0.1) is 3.79 Å². The van der Waals surface area contributed by atoms with Crippen LogP contribution in [0.4, 0.5) is 0 Å². The number of carbonyl (C=O) groups excluding carboxylic acids is 1. The molecule has 0 atom stereocenters. The van der Waals surface area contributed by atoms with Crippen molar-refractivity contribution in [3.05, 3.63) is 33.1 Å². The first kappa shape index (κ1) is 10.3. The van der Waals surface area contributed by atoms with Crippen molar-refractivity contribution < 1.29 is 4.79 Å². The highest BCUT2D eigenvalue weighted by atomic mass is 79.9. The summed E-state index contributed by atoms with van der Waals surface area (Å²) >= 11 is 8.46. The van der Waals surface area contributed by atoms with Gasteiger partial charge in [0.2, 0.25) is 0 Å². The maximum atomic E-state index is 10.9. The Bertz CT molecular complexity index is 490. The average Bonchev–Trinajstić information content (AvgIpc) is 2.56. The maximum Gasteiger partial charge on any atom is 0.150 e. The Morgan fingerprint density at radius 1 is 1.36 bits per heavy atom. The van der Waals surface area contributed by atoms with Crippen LogP contribution in [0.3, 0.4) is 0 Å². The van der Waals surface area contributed by atoms with Gasteiger partial charge >= 0.3 is 0 Å². The van der Waals surface area contributed by atoms with E-state index in [0.29, 0.717) is 0 Å². The van der Waals surface area contributed by atoms with Gasteiger partial charge in [-0.2, -0.15) is 0 Å². The van der Waals surface area contributed by atoms with Crippen LogP contribution in [0.2, 0.25) is 0 Å². The number of hydrogen-bond donors (Lipinski definition) is 0. The standard InChI is InChI=1S/C10H6Br2OS/c11-4-6-1-7(5-13)8-3-10(12)14-9(8)2-6/h1-3,5H,4H2. The number of fused-ring (bicyclic) bond motifs is 1. The first-order chi connectivity index (χ1) is 6.74. The molecular weight excluding hydrogens is 328 g/mol. The van der Waals surface area contributed by atoms with Crippen molar-refractivity contribution >= 4 is 59.6 Å². The summed E-state index contributed by atoms with van der Waals surface area (Å²) in [7, 11) is 0. The number of benzene rings is 1. The number of carbonyl (C=O) groups is 1. The molecule has 1 aromatic carbocycles. The zero-order chi connectivity index (χ0) is 10.1. The van der Waals surface area contributed by atoms with Crippen LogP contribution in [0.25, 0.3) is 10.1 Å². The Hall–Kier alpha value is -0.190. The van der Waals surface area contributed by atoms with E-state index < -0.39 is 0 Å². The third-order valence-electron chi connectivity index (χ3n) is 1.98. The quantitative estimate of drug-likeness (QED) is 0.589. The van der Waals surface area contributed by atoms with Crippen molar-refractivity contribution in [1.82, 2.24) is 0 Å². The minimum Gasteiger partial charge on any atom is -0.298 e. The third-order valence-corrected chi connectivity index (χ3v) is 4.21. The summed E-state index contributed by atoms with van der Waals surface area (Å²) in [5.41, 5.74) is 1.90. The molecule has 0 N–H and O–H groups in total. The van der Waals surface area contributed by atoms with Gasteiger partial charge < -0.3 is 0 Å². The fraction of sp³-hybridized carbons (Fsp3) is 0.100. The topological polar surface area (TPSA) is 17.1 Å². The van der Waals surface area contributed by atoms with Gasteiger partial charge in [0.1, 0.15) is 0 Å². The second-order valence-electron chi connectivity index (χ2n) is 2.90. The molecule has 72 valence electrons. The van der Waals surface area contributed by atoms with Crippen molar-refractivity contribution in [2.24, 2.45) is 0 Å². The largest absolute Gasteiger partial charge is 0.298 e. The van der Waals surface area contributed by atoms with Crippen LogP contribution in [-0.2, 0) is 5.33 Å². The molecule has 1 heterocycles. The monoisotopic (exact) mass is 332 g/mol. The Morgan fingerprint density at radius 3 is 2.79 bits per heavy atom. The molecule has 0 spiro atoms. The van der Waals surface area contributed by atoms with Crippen LogP contribution in [0.15, 0.2) is 22.0 Å². The van der Waals surface area contributed by atoms with Crippen molar-refractivity contribution in [3.8, 4) is 0 Å². The van der Waals surface area contributed by atoms with Crippen LogP contribution < -0.4 is 0 Å². The number of alkyl halides is 1. The summed E-state index contributed by atoms with van der Waals surface area (Å²) in [6.07, 6.45) is 0.910. The summed E-state index contributed by atoms with van der Waals surface area (Å²) in [6.45, 7) is 0. The van der Waals surface area contributed by atoms with Crippen LogP contribution in [0, 0.1) is 0 Å². The van der Waals surface area contributed by atoms with Gasteiger partial charge in [-0.25, -0.2) is 0 Å². The van der Waals surface area contributed by atoms with Gasteiger partial charge in [-0.3, -0.25) is 4.79 Å². The molecule has 0 aliphatic rings. The van der Waals surface area contributed by atoms with E-state index in [1.54, 1.807) is 11.3 Å². The van der Waals surface area contributed by atoms with E-state index in [1.807, 2.05) is 12.1 Å². The zero-order valence-electron chi connectivity index (χ0n) is 7.09. The Balaban J connectivity index is 2.78. The molecule has 0 aliphatic heterocycles. The Labute approximate surface area is 102 Å². The van der Waals surface area contributed by atoms with E-state index in [2.05, 4.69) is 37.9 Å². The molecule has 1 nitrogen and oxygen atoms in total. The van der Waals surface area contributed by atoms with Gasteiger partial charge in [0.25, 0.3) is 0 Å². The number of halogens is 2. The molecule has 0 radical (unpaired) electrons. The van der Waals surface area contributed by atoms with E-state index in [-0.39, 0.29) is 0 Å². The lowest BCUT2D eigenvalue weighted by Crippen LogP contribution is -1.84.